The van der Waals surface area contributed by atoms with Crippen molar-refractivity contribution in [2.24, 2.45) is 5.14 Å². The molecule has 0 bridgehead atoms. The first-order valence-corrected chi connectivity index (χ1v) is 10.5. The molecule has 1 aromatic heterocycles. The van der Waals surface area contributed by atoms with E-state index in [-0.39, 0.29) is 17.8 Å². The number of hydrogen-bond acceptors (Lipinski definition) is 4. The number of aryl methyl sites for hydroxylation is 1. The standard InChI is InChI=1S/C20H19F3N4O3S/c1-12-5-13(7-15(21)6-12)8-19(28)26-16-3-4-17(18(9-16)31(24,29)30)27-11-14(10-25-27)20(2,22)23/h3-7,9-11H,8H2,1-2H3,(H,26,28)(H2,24,29,30). The summed E-state index contributed by atoms with van der Waals surface area (Å²) >= 11 is 0. The Labute approximate surface area is 176 Å². The second-order valence-corrected chi connectivity index (χ2v) is 8.68. The van der Waals surface area contributed by atoms with Gasteiger partial charge in [0.2, 0.25) is 15.9 Å². The maximum absolute atomic E-state index is 13.5. The summed E-state index contributed by atoms with van der Waals surface area (Å²) in [6.07, 6.45) is 1.78. The second kappa shape index (κ2) is 8.16. The number of sulfonamides is 1. The van der Waals surface area contributed by atoms with Crippen molar-refractivity contribution in [1.82, 2.24) is 9.78 Å². The number of nitrogens with zero attached hydrogens (tertiary/aromatic N) is 2. The summed E-state index contributed by atoms with van der Waals surface area (Å²) in [5, 5.41) is 11.6. The van der Waals surface area contributed by atoms with Gasteiger partial charge >= 0.3 is 0 Å². The molecule has 0 aliphatic rings. The summed E-state index contributed by atoms with van der Waals surface area (Å²) in [6.45, 7) is 2.38. The number of amides is 1. The monoisotopic (exact) mass is 452 g/mol. The number of carbonyl (C=O) groups is 1. The fraction of sp³-hybridized carbons (Fsp3) is 0.200. The topological polar surface area (TPSA) is 107 Å². The number of rotatable bonds is 6. The van der Waals surface area contributed by atoms with E-state index in [0.717, 1.165) is 23.1 Å². The normalized spacial score (nSPS) is 12.1. The molecule has 0 fully saturated rings. The average Bonchev–Trinajstić information content (AvgIpc) is 3.10. The molecule has 0 unspecified atom stereocenters. The highest BCUT2D eigenvalue weighted by atomic mass is 32.2. The molecule has 0 aliphatic heterocycles. The van der Waals surface area contributed by atoms with E-state index in [0.29, 0.717) is 18.1 Å². The number of anilines is 1. The summed E-state index contributed by atoms with van der Waals surface area (Å²) < 4.78 is 65.6. The third-order valence-corrected chi connectivity index (χ3v) is 5.29. The third kappa shape index (κ3) is 5.50. The number of aromatic nitrogens is 2. The van der Waals surface area contributed by atoms with Crippen LogP contribution in [0.5, 0.6) is 0 Å². The predicted octanol–water partition coefficient (Wildman–Crippen LogP) is 3.26. The van der Waals surface area contributed by atoms with Crippen LogP contribution in [0.25, 0.3) is 5.69 Å². The lowest BCUT2D eigenvalue weighted by molar-refractivity contribution is -0.115. The fourth-order valence-electron chi connectivity index (χ4n) is 2.99. The van der Waals surface area contributed by atoms with Crippen molar-refractivity contribution in [3.8, 4) is 5.69 Å². The molecule has 11 heteroatoms. The molecular formula is C20H19F3N4O3S. The van der Waals surface area contributed by atoms with E-state index in [4.69, 9.17) is 5.14 Å². The third-order valence-electron chi connectivity index (χ3n) is 4.35. The van der Waals surface area contributed by atoms with Gasteiger partial charge in [-0.15, -0.1) is 0 Å². The summed E-state index contributed by atoms with van der Waals surface area (Å²) in [4.78, 5) is 11.9. The lowest BCUT2D eigenvalue weighted by atomic mass is 10.1. The molecule has 3 aromatic rings. The molecule has 0 saturated heterocycles. The second-order valence-electron chi connectivity index (χ2n) is 7.15. The number of alkyl halides is 2. The van der Waals surface area contributed by atoms with Crippen molar-refractivity contribution in [3.05, 3.63) is 71.3 Å². The Morgan fingerprint density at radius 2 is 1.94 bits per heavy atom. The quantitative estimate of drug-likeness (QED) is 0.599. The van der Waals surface area contributed by atoms with Crippen LogP contribution in [0, 0.1) is 12.7 Å². The molecular weight excluding hydrogens is 433 g/mol. The van der Waals surface area contributed by atoms with Gasteiger partial charge in [-0.1, -0.05) is 6.07 Å². The Morgan fingerprint density at radius 3 is 2.52 bits per heavy atom. The zero-order valence-electron chi connectivity index (χ0n) is 16.6. The Bertz CT molecular complexity index is 1230. The van der Waals surface area contributed by atoms with Crippen LogP contribution in [-0.2, 0) is 27.2 Å². The van der Waals surface area contributed by atoms with E-state index < -0.39 is 38.1 Å². The smallest absolute Gasteiger partial charge is 0.273 e. The van der Waals surface area contributed by atoms with Gasteiger partial charge in [0, 0.05) is 18.8 Å². The fourth-order valence-corrected chi connectivity index (χ4v) is 3.74. The SMILES string of the molecule is Cc1cc(F)cc(CC(=O)Nc2ccc(-n3cc(C(C)(F)F)cn3)c(S(N)(=O)=O)c2)c1. The molecule has 2 aromatic carbocycles. The largest absolute Gasteiger partial charge is 0.326 e. The first kappa shape index (κ1) is 22.5. The average molecular weight is 452 g/mol. The summed E-state index contributed by atoms with van der Waals surface area (Å²) in [5.41, 5.74) is 0.745. The van der Waals surface area contributed by atoms with Crippen LogP contribution in [0.2, 0.25) is 0 Å². The molecule has 7 nitrogen and oxygen atoms in total. The first-order chi connectivity index (χ1) is 14.3. The van der Waals surface area contributed by atoms with Crippen molar-refractivity contribution < 1.29 is 26.4 Å². The maximum atomic E-state index is 13.5. The molecule has 0 aliphatic carbocycles. The molecule has 0 atom stereocenters. The number of carbonyl (C=O) groups excluding carboxylic acids is 1. The highest BCUT2D eigenvalue weighted by Crippen LogP contribution is 2.29. The molecule has 0 spiro atoms. The van der Waals surface area contributed by atoms with E-state index in [1.54, 1.807) is 13.0 Å². The van der Waals surface area contributed by atoms with Gasteiger partial charge in [0.1, 0.15) is 10.7 Å². The van der Waals surface area contributed by atoms with Gasteiger partial charge in [0.15, 0.2) is 0 Å². The van der Waals surface area contributed by atoms with Crippen molar-refractivity contribution >= 4 is 21.6 Å². The van der Waals surface area contributed by atoms with Gasteiger partial charge in [-0.3, -0.25) is 4.79 Å². The van der Waals surface area contributed by atoms with Gasteiger partial charge < -0.3 is 5.32 Å². The van der Waals surface area contributed by atoms with Gasteiger partial charge in [-0.2, -0.15) is 5.10 Å². The Morgan fingerprint density at radius 1 is 1.23 bits per heavy atom. The molecule has 0 radical (unpaired) electrons. The van der Waals surface area contributed by atoms with Crippen LogP contribution in [0.1, 0.15) is 23.6 Å². The van der Waals surface area contributed by atoms with Crippen LogP contribution in [0.15, 0.2) is 53.7 Å². The van der Waals surface area contributed by atoms with Crippen LogP contribution in [-0.4, -0.2) is 24.1 Å². The molecule has 0 saturated carbocycles. The maximum Gasteiger partial charge on any atom is 0.273 e. The Kier molecular flexibility index (Phi) is 5.92. The molecule has 1 heterocycles. The zero-order chi connectivity index (χ0) is 23.0. The predicted molar refractivity (Wildman–Crippen MR) is 108 cm³/mol. The summed E-state index contributed by atoms with van der Waals surface area (Å²) in [6, 6.07) is 7.97. The first-order valence-electron chi connectivity index (χ1n) is 8.99. The van der Waals surface area contributed by atoms with E-state index in [2.05, 4.69) is 10.4 Å². The lowest BCUT2D eigenvalue weighted by Gasteiger charge is -2.12. The van der Waals surface area contributed by atoms with Crippen LogP contribution < -0.4 is 10.5 Å². The van der Waals surface area contributed by atoms with E-state index in [9.17, 15) is 26.4 Å². The van der Waals surface area contributed by atoms with Crippen molar-refractivity contribution in [2.45, 2.75) is 31.1 Å². The number of nitrogens with two attached hydrogens (primary N) is 1. The molecule has 3 rings (SSSR count). The van der Waals surface area contributed by atoms with Gasteiger partial charge in [-0.25, -0.2) is 31.4 Å². The minimum atomic E-state index is -4.29. The number of primary sulfonamides is 1. The van der Waals surface area contributed by atoms with E-state index in [1.165, 1.54) is 24.3 Å². The highest BCUT2D eigenvalue weighted by Gasteiger charge is 2.27. The van der Waals surface area contributed by atoms with Crippen LogP contribution >= 0.6 is 0 Å². The highest BCUT2D eigenvalue weighted by molar-refractivity contribution is 7.89. The Balaban J connectivity index is 1.89. The van der Waals surface area contributed by atoms with Gasteiger partial charge in [-0.05, 0) is 48.4 Å². The lowest BCUT2D eigenvalue weighted by Crippen LogP contribution is -2.18. The van der Waals surface area contributed by atoms with Crippen molar-refractivity contribution in [2.75, 3.05) is 5.32 Å². The number of benzene rings is 2. The molecule has 31 heavy (non-hydrogen) atoms. The van der Waals surface area contributed by atoms with Crippen molar-refractivity contribution in [3.63, 3.8) is 0 Å². The van der Waals surface area contributed by atoms with E-state index >= 15 is 0 Å². The number of halogens is 3. The van der Waals surface area contributed by atoms with Crippen LogP contribution in [0.3, 0.4) is 0 Å². The Hall–Kier alpha value is -3.18. The number of hydrogen-bond donors (Lipinski definition) is 2. The number of nitrogens with one attached hydrogen (secondary N) is 1. The minimum Gasteiger partial charge on any atom is -0.326 e. The van der Waals surface area contributed by atoms with Gasteiger partial charge in [0.05, 0.1) is 23.9 Å². The zero-order valence-corrected chi connectivity index (χ0v) is 17.4. The van der Waals surface area contributed by atoms with Crippen LogP contribution in [0.4, 0.5) is 18.9 Å². The van der Waals surface area contributed by atoms with E-state index in [1.807, 2.05) is 0 Å². The van der Waals surface area contributed by atoms with Crippen molar-refractivity contribution in [1.29, 1.82) is 0 Å². The molecule has 164 valence electrons. The van der Waals surface area contributed by atoms with Gasteiger partial charge in [0.25, 0.3) is 5.92 Å². The summed E-state index contributed by atoms with van der Waals surface area (Å²) in [5.74, 6) is -4.14. The summed E-state index contributed by atoms with van der Waals surface area (Å²) in [7, 11) is -4.29. The molecule has 3 N–H and O–H groups in total. The minimum absolute atomic E-state index is 0.0586. The molecule has 1 amide bonds.